The van der Waals surface area contributed by atoms with Gasteiger partial charge in [-0.2, -0.15) is 10.2 Å². The fourth-order valence-electron chi connectivity index (χ4n) is 2.81. The maximum atomic E-state index is 12.2. The number of aromatic nitrogens is 2. The lowest BCUT2D eigenvalue weighted by Gasteiger charge is -2.10. The molecule has 1 aromatic heterocycles. The minimum Gasteiger partial charge on any atom is -0.272 e. The van der Waals surface area contributed by atoms with Crippen LogP contribution >= 0.6 is 0 Å². The zero-order valence-electron chi connectivity index (χ0n) is 13.2. The first-order chi connectivity index (χ1) is 11.3. The van der Waals surface area contributed by atoms with Crippen molar-refractivity contribution in [2.75, 3.05) is 0 Å². The van der Waals surface area contributed by atoms with Crippen molar-refractivity contribution in [3.63, 3.8) is 0 Å². The van der Waals surface area contributed by atoms with Crippen LogP contribution in [0.1, 0.15) is 55.4 Å². The third-order valence-electron chi connectivity index (χ3n) is 4.14. The van der Waals surface area contributed by atoms with Crippen LogP contribution in [0.2, 0.25) is 0 Å². The molecular weight excluding hydrogens is 288 g/mol. The number of carbonyl (C=O) groups excluding carboxylic acids is 1. The lowest BCUT2D eigenvalue weighted by molar-refractivity contribution is 0.0949. The van der Waals surface area contributed by atoms with Crippen molar-refractivity contribution in [3.8, 4) is 11.3 Å². The molecule has 1 heterocycles. The van der Waals surface area contributed by atoms with E-state index in [1.54, 1.807) is 6.07 Å². The zero-order chi connectivity index (χ0) is 15.9. The van der Waals surface area contributed by atoms with Gasteiger partial charge in [0.15, 0.2) is 0 Å². The summed E-state index contributed by atoms with van der Waals surface area (Å²) in [7, 11) is 0. The van der Waals surface area contributed by atoms with E-state index >= 15 is 0 Å². The molecule has 0 atom stereocenters. The first kappa shape index (κ1) is 15.5. The summed E-state index contributed by atoms with van der Waals surface area (Å²) in [6.07, 6.45) is 8.13. The van der Waals surface area contributed by atoms with Crippen LogP contribution in [0.3, 0.4) is 0 Å². The number of aromatic amines is 1. The average molecular weight is 310 g/mol. The van der Waals surface area contributed by atoms with E-state index < -0.39 is 0 Å². The second kappa shape index (κ2) is 7.72. The first-order valence-electron chi connectivity index (χ1n) is 8.29. The zero-order valence-corrected chi connectivity index (χ0v) is 13.2. The van der Waals surface area contributed by atoms with Gasteiger partial charge in [0, 0.05) is 11.3 Å². The van der Waals surface area contributed by atoms with Gasteiger partial charge in [-0.3, -0.25) is 9.89 Å². The normalized spacial score (nSPS) is 15.6. The van der Waals surface area contributed by atoms with Gasteiger partial charge < -0.3 is 0 Å². The predicted molar refractivity (Wildman–Crippen MR) is 91.2 cm³/mol. The van der Waals surface area contributed by atoms with Crippen molar-refractivity contribution >= 4 is 11.6 Å². The van der Waals surface area contributed by atoms with Gasteiger partial charge in [-0.1, -0.05) is 49.6 Å². The number of hydrazone groups is 1. The van der Waals surface area contributed by atoms with Gasteiger partial charge in [0.1, 0.15) is 5.69 Å². The molecule has 1 fully saturated rings. The molecule has 1 amide bonds. The minimum atomic E-state index is -0.241. The monoisotopic (exact) mass is 310 g/mol. The van der Waals surface area contributed by atoms with E-state index in [2.05, 4.69) is 20.7 Å². The van der Waals surface area contributed by atoms with Crippen LogP contribution in [-0.4, -0.2) is 21.8 Å². The Balaban J connectivity index is 1.63. The van der Waals surface area contributed by atoms with Crippen molar-refractivity contribution in [1.29, 1.82) is 0 Å². The predicted octanol–water partition coefficient (Wildman–Crippen LogP) is 3.91. The molecule has 0 bridgehead atoms. The largest absolute Gasteiger partial charge is 0.289 e. The van der Waals surface area contributed by atoms with Crippen LogP contribution in [0.15, 0.2) is 41.5 Å². The maximum Gasteiger partial charge on any atom is 0.289 e. The van der Waals surface area contributed by atoms with Crippen LogP contribution in [0, 0.1) is 0 Å². The highest BCUT2D eigenvalue weighted by molar-refractivity contribution is 5.94. The Morgan fingerprint density at radius 1 is 1.04 bits per heavy atom. The number of H-pyrrole nitrogens is 1. The molecule has 0 aliphatic heterocycles. The van der Waals surface area contributed by atoms with E-state index in [0.29, 0.717) is 5.69 Å². The Morgan fingerprint density at radius 3 is 2.48 bits per heavy atom. The minimum absolute atomic E-state index is 0.241. The number of amides is 1. The fourth-order valence-corrected chi connectivity index (χ4v) is 2.81. The number of rotatable bonds is 3. The maximum absolute atomic E-state index is 12.2. The Bertz CT molecular complexity index is 665. The number of nitrogens with one attached hydrogen (secondary N) is 2. The highest BCUT2D eigenvalue weighted by atomic mass is 16.2. The standard InChI is InChI=1S/C18H22N4O/c23-18(22-19-15-11-7-2-1-3-8-12-15)17-13-16(20-21-17)14-9-5-4-6-10-14/h4-6,9-10,13H,1-3,7-8,11-12H2,(H,20,21)(H,22,23). The number of benzene rings is 1. The van der Waals surface area contributed by atoms with E-state index in [0.717, 1.165) is 42.7 Å². The van der Waals surface area contributed by atoms with E-state index in [9.17, 15) is 4.79 Å². The highest BCUT2D eigenvalue weighted by Crippen LogP contribution is 2.17. The van der Waals surface area contributed by atoms with E-state index in [1.807, 2.05) is 30.3 Å². The topological polar surface area (TPSA) is 70.1 Å². The molecular formula is C18H22N4O. The lowest BCUT2D eigenvalue weighted by atomic mass is 9.99. The van der Waals surface area contributed by atoms with Crippen LogP contribution < -0.4 is 5.43 Å². The van der Waals surface area contributed by atoms with Crippen LogP contribution in [-0.2, 0) is 0 Å². The molecule has 23 heavy (non-hydrogen) atoms. The summed E-state index contributed by atoms with van der Waals surface area (Å²) in [5, 5.41) is 11.3. The molecule has 0 saturated heterocycles. The molecule has 0 unspecified atom stereocenters. The molecule has 0 radical (unpaired) electrons. The van der Waals surface area contributed by atoms with Gasteiger partial charge in [-0.15, -0.1) is 0 Å². The van der Waals surface area contributed by atoms with Gasteiger partial charge in [-0.25, -0.2) is 5.43 Å². The van der Waals surface area contributed by atoms with Crippen molar-refractivity contribution < 1.29 is 4.79 Å². The van der Waals surface area contributed by atoms with E-state index in [1.165, 1.54) is 19.3 Å². The molecule has 1 aliphatic carbocycles. The van der Waals surface area contributed by atoms with Crippen molar-refractivity contribution in [3.05, 3.63) is 42.1 Å². The van der Waals surface area contributed by atoms with Crippen LogP contribution in [0.4, 0.5) is 0 Å². The quantitative estimate of drug-likeness (QED) is 0.844. The Labute approximate surface area is 136 Å². The molecule has 0 spiro atoms. The third kappa shape index (κ3) is 4.28. The first-order valence-corrected chi connectivity index (χ1v) is 8.29. The van der Waals surface area contributed by atoms with Gasteiger partial charge in [0.25, 0.3) is 5.91 Å². The van der Waals surface area contributed by atoms with Gasteiger partial charge in [0.05, 0.1) is 5.69 Å². The summed E-state index contributed by atoms with van der Waals surface area (Å²) in [6.45, 7) is 0. The average Bonchev–Trinajstić information content (AvgIpc) is 3.04. The molecule has 3 rings (SSSR count). The molecule has 2 N–H and O–H groups in total. The summed E-state index contributed by atoms with van der Waals surface area (Å²) in [4.78, 5) is 12.2. The second-order valence-electron chi connectivity index (χ2n) is 5.92. The summed E-state index contributed by atoms with van der Waals surface area (Å²) in [6, 6.07) is 11.5. The lowest BCUT2D eigenvalue weighted by Crippen LogP contribution is -2.20. The van der Waals surface area contributed by atoms with Crippen molar-refractivity contribution in [2.45, 2.75) is 44.9 Å². The van der Waals surface area contributed by atoms with Gasteiger partial charge in [0.2, 0.25) is 0 Å². The molecule has 120 valence electrons. The summed E-state index contributed by atoms with van der Waals surface area (Å²) in [5.41, 5.74) is 5.93. The van der Waals surface area contributed by atoms with Gasteiger partial charge in [-0.05, 0) is 31.7 Å². The highest BCUT2D eigenvalue weighted by Gasteiger charge is 2.11. The molecule has 1 saturated carbocycles. The van der Waals surface area contributed by atoms with Crippen molar-refractivity contribution in [1.82, 2.24) is 15.6 Å². The molecule has 5 nitrogen and oxygen atoms in total. The van der Waals surface area contributed by atoms with E-state index in [-0.39, 0.29) is 5.91 Å². The summed E-state index contributed by atoms with van der Waals surface area (Å²) < 4.78 is 0. The summed E-state index contributed by atoms with van der Waals surface area (Å²) >= 11 is 0. The third-order valence-corrected chi connectivity index (χ3v) is 4.14. The van der Waals surface area contributed by atoms with Crippen LogP contribution in [0.25, 0.3) is 11.3 Å². The molecule has 1 aliphatic rings. The number of hydrogen-bond donors (Lipinski definition) is 2. The summed E-state index contributed by atoms with van der Waals surface area (Å²) in [5.74, 6) is -0.241. The number of hydrogen-bond acceptors (Lipinski definition) is 3. The number of nitrogens with zero attached hydrogens (tertiary/aromatic N) is 2. The SMILES string of the molecule is O=C(NN=C1CCCCCCC1)c1cc(-c2ccccc2)n[nH]1. The van der Waals surface area contributed by atoms with Crippen molar-refractivity contribution in [2.24, 2.45) is 5.10 Å². The van der Waals surface area contributed by atoms with Gasteiger partial charge >= 0.3 is 0 Å². The molecule has 5 heteroatoms. The van der Waals surface area contributed by atoms with Crippen LogP contribution in [0.5, 0.6) is 0 Å². The van der Waals surface area contributed by atoms with E-state index in [4.69, 9.17) is 0 Å². The molecule has 2 aromatic rings. The Kier molecular flexibility index (Phi) is 5.19. The number of carbonyl (C=O) groups is 1. The smallest absolute Gasteiger partial charge is 0.272 e. The fraction of sp³-hybridized carbons (Fsp3) is 0.389. The second-order valence-corrected chi connectivity index (χ2v) is 5.92. The Morgan fingerprint density at radius 2 is 1.74 bits per heavy atom. The molecule has 1 aromatic carbocycles. The Hall–Kier alpha value is -2.43.